The van der Waals surface area contributed by atoms with Gasteiger partial charge in [0.25, 0.3) is 0 Å². The molecule has 1 aromatic heterocycles. The number of benzene rings is 1. The van der Waals surface area contributed by atoms with Crippen molar-refractivity contribution in [1.29, 1.82) is 0 Å². The number of aromatic nitrogens is 2. The van der Waals surface area contributed by atoms with Crippen LogP contribution in [0, 0.1) is 0 Å². The predicted octanol–water partition coefficient (Wildman–Crippen LogP) is 3.32. The number of anilines is 1. The summed E-state index contributed by atoms with van der Waals surface area (Å²) in [6.45, 7) is 3.19. The smallest absolute Gasteiger partial charge is 0.205 e. The second-order valence-corrected chi connectivity index (χ2v) is 5.33. The Morgan fingerprint density at radius 2 is 2.26 bits per heavy atom. The van der Waals surface area contributed by atoms with Gasteiger partial charge in [-0.1, -0.05) is 11.3 Å². The van der Waals surface area contributed by atoms with Crippen LogP contribution in [0.4, 0.5) is 5.13 Å². The van der Waals surface area contributed by atoms with Crippen molar-refractivity contribution in [2.45, 2.75) is 13.5 Å². The van der Waals surface area contributed by atoms with Gasteiger partial charge in [-0.15, -0.1) is 10.2 Å². The Hall–Kier alpha value is -1.34. The molecule has 2 aromatic rings. The molecule has 0 fully saturated rings. The Labute approximate surface area is 124 Å². The summed E-state index contributed by atoms with van der Waals surface area (Å²) < 4.78 is 11.8. The molecule has 0 aliphatic rings. The molecule has 1 aromatic carbocycles. The highest BCUT2D eigenvalue weighted by molar-refractivity contribution is 9.10. The van der Waals surface area contributed by atoms with E-state index in [1.807, 2.05) is 19.1 Å². The number of methoxy groups -OCH3 is 1. The standard InChI is InChI=1S/C12H14BrN3O2S/c1-3-18-11-9(13)4-8(5-10(11)17-2)6-14-12-16-15-7-19-12/h4-5,7H,3,6H2,1-2H3,(H,14,16). The molecule has 0 unspecified atom stereocenters. The fourth-order valence-corrected chi connectivity index (χ4v) is 2.64. The highest BCUT2D eigenvalue weighted by Crippen LogP contribution is 2.36. The largest absolute Gasteiger partial charge is 0.493 e. The van der Waals surface area contributed by atoms with Crippen LogP contribution in [0.3, 0.4) is 0 Å². The lowest BCUT2D eigenvalue weighted by molar-refractivity contribution is 0.308. The minimum atomic E-state index is 0.595. The molecular weight excluding hydrogens is 330 g/mol. The second-order valence-electron chi connectivity index (χ2n) is 3.64. The Bertz CT molecular complexity index is 534. The Morgan fingerprint density at radius 1 is 1.42 bits per heavy atom. The maximum Gasteiger partial charge on any atom is 0.205 e. The third-order valence-electron chi connectivity index (χ3n) is 2.38. The van der Waals surface area contributed by atoms with Gasteiger partial charge >= 0.3 is 0 Å². The number of halogens is 1. The summed E-state index contributed by atoms with van der Waals surface area (Å²) >= 11 is 4.97. The van der Waals surface area contributed by atoms with Crippen molar-refractivity contribution in [3.8, 4) is 11.5 Å². The van der Waals surface area contributed by atoms with Gasteiger partial charge in [0.05, 0.1) is 18.2 Å². The summed E-state index contributed by atoms with van der Waals surface area (Å²) in [6.07, 6.45) is 0. The van der Waals surface area contributed by atoms with E-state index in [-0.39, 0.29) is 0 Å². The normalized spacial score (nSPS) is 10.3. The van der Waals surface area contributed by atoms with E-state index in [0.717, 1.165) is 20.9 Å². The number of nitrogens with zero attached hydrogens (tertiary/aromatic N) is 2. The van der Waals surface area contributed by atoms with E-state index in [4.69, 9.17) is 9.47 Å². The molecule has 0 radical (unpaired) electrons. The van der Waals surface area contributed by atoms with Gasteiger partial charge in [0, 0.05) is 6.54 Å². The topological polar surface area (TPSA) is 56.3 Å². The molecule has 19 heavy (non-hydrogen) atoms. The number of rotatable bonds is 6. The molecule has 102 valence electrons. The molecule has 5 nitrogen and oxygen atoms in total. The average molecular weight is 344 g/mol. The lowest BCUT2D eigenvalue weighted by Gasteiger charge is -2.13. The van der Waals surface area contributed by atoms with Crippen molar-refractivity contribution in [2.24, 2.45) is 0 Å². The summed E-state index contributed by atoms with van der Waals surface area (Å²) in [5.41, 5.74) is 2.76. The molecule has 1 heterocycles. The predicted molar refractivity (Wildman–Crippen MR) is 79.1 cm³/mol. The summed E-state index contributed by atoms with van der Waals surface area (Å²) in [6, 6.07) is 3.95. The van der Waals surface area contributed by atoms with Gasteiger partial charge in [-0.3, -0.25) is 0 Å². The van der Waals surface area contributed by atoms with Crippen LogP contribution < -0.4 is 14.8 Å². The van der Waals surface area contributed by atoms with E-state index < -0.39 is 0 Å². The lowest BCUT2D eigenvalue weighted by atomic mass is 10.2. The summed E-state index contributed by atoms with van der Waals surface area (Å²) in [4.78, 5) is 0. The van der Waals surface area contributed by atoms with E-state index in [2.05, 4.69) is 31.4 Å². The minimum absolute atomic E-state index is 0.595. The van der Waals surface area contributed by atoms with Gasteiger partial charge < -0.3 is 14.8 Å². The van der Waals surface area contributed by atoms with Crippen LogP contribution in [0.25, 0.3) is 0 Å². The summed E-state index contributed by atoms with van der Waals surface area (Å²) in [7, 11) is 1.63. The molecular formula is C12H14BrN3O2S. The summed E-state index contributed by atoms with van der Waals surface area (Å²) in [5, 5.41) is 11.7. The highest BCUT2D eigenvalue weighted by atomic mass is 79.9. The second kappa shape index (κ2) is 6.72. The zero-order valence-electron chi connectivity index (χ0n) is 10.6. The van der Waals surface area contributed by atoms with E-state index in [1.54, 1.807) is 12.6 Å². The highest BCUT2D eigenvalue weighted by Gasteiger charge is 2.11. The monoisotopic (exact) mass is 343 g/mol. The van der Waals surface area contributed by atoms with Crippen LogP contribution in [0.15, 0.2) is 22.1 Å². The van der Waals surface area contributed by atoms with E-state index >= 15 is 0 Å². The van der Waals surface area contributed by atoms with Crippen molar-refractivity contribution in [3.05, 3.63) is 27.7 Å². The Morgan fingerprint density at radius 3 is 2.89 bits per heavy atom. The van der Waals surface area contributed by atoms with Gasteiger partial charge in [-0.25, -0.2) is 0 Å². The number of nitrogens with one attached hydrogen (secondary N) is 1. The van der Waals surface area contributed by atoms with Crippen LogP contribution in [-0.4, -0.2) is 23.9 Å². The van der Waals surface area contributed by atoms with Crippen molar-refractivity contribution < 1.29 is 9.47 Å². The Balaban J connectivity index is 2.15. The Kier molecular flexibility index (Phi) is 4.98. The van der Waals surface area contributed by atoms with E-state index in [0.29, 0.717) is 18.9 Å². The number of hydrogen-bond acceptors (Lipinski definition) is 6. The van der Waals surface area contributed by atoms with Crippen LogP contribution in [0.1, 0.15) is 12.5 Å². The fraction of sp³-hybridized carbons (Fsp3) is 0.333. The first-order valence-electron chi connectivity index (χ1n) is 5.73. The molecule has 0 aliphatic heterocycles. The summed E-state index contributed by atoms with van der Waals surface area (Å²) in [5.74, 6) is 1.44. The molecule has 0 saturated carbocycles. The molecule has 0 bridgehead atoms. The van der Waals surface area contributed by atoms with Crippen molar-refractivity contribution in [1.82, 2.24) is 10.2 Å². The van der Waals surface area contributed by atoms with Gasteiger partial charge in [0.2, 0.25) is 5.13 Å². The molecule has 0 amide bonds. The first-order chi connectivity index (χ1) is 9.24. The number of ether oxygens (including phenoxy) is 2. The third-order valence-corrected chi connectivity index (χ3v) is 3.62. The first kappa shape index (κ1) is 14.1. The SMILES string of the molecule is CCOc1c(Br)cc(CNc2nncs2)cc1OC. The molecule has 1 N–H and O–H groups in total. The molecule has 2 rings (SSSR count). The average Bonchev–Trinajstić information content (AvgIpc) is 2.92. The van der Waals surface area contributed by atoms with E-state index in [1.165, 1.54) is 11.3 Å². The zero-order chi connectivity index (χ0) is 13.7. The molecule has 7 heteroatoms. The van der Waals surface area contributed by atoms with Crippen molar-refractivity contribution >= 4 is 32.4 Å². The number of hydrogen-bond donors (Lipinski definition) is 1. The molecule has 0 atom stereocenters. The zero-order valence-corrected chi connectivity index (χ0v) is 13.0. The van der Waals surface area contributed by atoms with E-state index in [9.17, 15) is 0 Å². The van der Waals surface area contributed by atoms with Gasteiger partial charge in [-0.2, -0.15) is 0 Å². The maximum absolute atomic E-state index is 5.55. The van der Waals surface area contributed by atoms with Gasteiger partial charge in [-0.05, 0) is 40.5 Å². The molecule has 0 spiro atoms. The van der Waals surface area contributed by atoms with Crippen LogP contribution in [-0.2, 0) is 6.54 Å². The molecule has 0 aliphatic carbocycles. The fourth-order valence-electron chi connectivity index (χ4n) is 1.59. The van der Waals surface area contributed by atoms with Crippen LogP contribution >= 0.6 is 27.3 Å². The minimum Gasteiger partial charge on any atom is -0.493 e. The lowest BCUT2D eigenvalue weighted by Crippen LogP contribution is -2.02. The third kappa shape index (κ3) is 3.57. The van der Waals surface area contributed by atoms with Crippen molar-refractivity contribution in [3.63, 3.8) is 0 Å². The first-order valence-corrected chi connectivity index (χ1v) is 7.41. The molecule has 0 saturated heterocycles. The van der Waals surface area contributed by atoms with Crippen molar-refractivity contribution in [2.75, 3.05) is 19.0 Å². The maximum atomic E-state index is 5.55. The quantitative estimate of drug-likeness (QED) is 0.871. The van der Waals surface area contributed by atoms with Crippen LogP contribution in [0.5, 0.6) is 11.5 Å². The van der Waals surface area contributed by atoms with Crippen LogP contribution in [0.2, 0.25) is 0 Å². The van der Waals surface area contributed by atoms with Gasteiger partial charge in [0.15, 0.2) is 11.5 Å². The van der Waals surface area contributed by atoms with Gasteiger partial charge in [0.1, 0.15) is 5.51 Å².